The van der Waals surface area contributed by atoms with Crippen LogP contribution in [0.5, 0.6) is 0 Å². The molecule has 1 heterocycles. The first kappa shape index (κ1) is 16.1. The van der Waals surface area contributed by atoms with Gasteiger partial charge in [0.2, 0.25) is 0 Å². The van der Waals surface area contributed by atoms with E-state index in [-0.39, 0.29) is 25.0 Å². The lowest BCUT2D eigenvalue weighted by Gasteiger charge is -2.34. The molecule has 22 heavy (non-hydrogen) atoms. The molecule has 1 aromatic carbocycles. The average Bonchev–Trinajstić information content (AvgIpc) is 2.54. The van der Waals surface area contributed by atoms with E-state index in [1.165, 1.54) is 10.6 Å². The number of nitrogens with zero attached hydrogens (tertiary/aromatic N) is 2. The predicted octanol–water partition coefficient (Wildman–Crippen LogP) is 1.77. The number of para-hydroxylation sites is 1. The summed E-state index contributed by atoms with van der Waals surface area (Å²) in [4.78, 5) is 26.3. The molecule has 0 saturated carbocycles. The molecule has 1 fully saturated rings. The standard InChI is InChI=1S/C16H23N3O3/c1-18(10-9-15(20)21)16(22)17-13-7-11-19(12-8-13)14-5-3-2-4-6-14/h2-6,13H,7-12H2,1H3,(H,17,22)(H,20,21). The number of carboxylic acids is 1. The van der Waals surface area contributed by atoms with Gasteiger partial charge in [-0.3, -0.25) is 4.79 Å². The van der Waals surface area contributed by atoms with Gasteiger partial charge in [0.25, 0.3) is 0 Å². The third-order valence-corrected chi connectivity index (χ3v) is 3.95. The van der Waals surface area contributed by atoms with Gasteiger partial charge >= 0.3 is 12.0 Å². The van der Waals surface area contributed by atoms with E-state index in [0.29, 0.717) is 0 Å². The molecule has 6 nitrogen and oxygen atoms in total. The van der Waals surface area contributed by atoms with Crippen LogP contribution in [-0.2, 0) is 4.79 Å². The fourth-order valence-corrected chi connectivity index (χ4v) is 2.57. The summed E-state index contributed by atoms with van der Waals surface area (Å²) >= 11 is 0. The number of benzene rings is 1. The molecule has 0 aliphatic carbocycles. The van der Waals surface area contributed by atoms with Crippen LogP contribution >= 0.6 is 0 Å². The molecule has 0 radical (unpaired) electrons. The van der Waals surface area contributed by atoms with Gasteiger partial charge in [0.1, 0.15) is 0 Å². The Labute approximate surface area is 130 Å². The Kier molecular flexibility index (Phi) is 5.63. The number of carboxylic acid groups (broad SMARTS) is 1. The molecule has 6 heteroatoms. The third kappa shape index (κ3) is 4.65. The number of amides is 2. The van der Waals surface area contributed by atoms with Crippen molar-refractivity contribution in [3.8, 4) is 0 Å². The number of piperidine rings is 1. The molecule has 0 unspecified atom stereocenters. The highest BCUT2D eigenvalue weighted by Crippen LogP contribution is 2.19. The van der Waals surface area contributed by atoms with Gasteiger partial charge in [0.05, 0.1) is 6.42 Å². The second-order valence-electron chi connectivity index (χ2n) is 5.61. The Balaban J connectivity index is 1.75. The van der Waals surface area contributed by atoms with Crippen molar-refractivity contribution in [3.05, 3.63) is 30.3 Å². The van der Waals surface area contributed by atoms with Gasteiger partial charge in [-0.2, -0.15) is 0 Å². The molecule has 0 aromatic heterocycles. The molecule has 0 atom stereocenters. The Morgan fingerprint density at radius 3 is 2.50 bits per heavy atom. The van der Waals surface area contributed by atoms with Crippen molar-refractivity contribution < 1.29 is 14.7 Å². The number of aliphatic carboxylic acids is 1. The molecular formula is C16H23N3O3. The number of carbonyl (C=O) groups excluding carboxylic acids is 1. The fourth-order valence-electron chi connectivity index (χ4n) is 2.57. The number of carbonyl (C=O) groups is 2. The summed E-state index contributed by atoms with van der Waals surface area (Å²) in [6.07, 6.45) is 1.76. The van der Waals surface area contributed by atoms with E-state index in [4.69, 9.17) is 5.11 Å². The van der Waals surface area contributed by atoms with Crippen LogP contribution in [0.25, 0.3) is 0 Å². The number of hydrogen-bond donors (Lipinski definition) is 2. The third-order valence-electron chi connectivity index (χ3n) is 3.95. The Morgan fingerprint density at radius 2 is 1.91 bits per heavy atom. The quantitative estimate of drug-likeness (QED) is 0.869. The van der Waals surface area contributed by atoms with Crippen LogP contribution < -0.4 is 10.2 Å². The molecule has 1 aliphatic rings. The van der Waals surface area contributed by atoms with Crippen molar-refractivity contribution in [1.29, 1.82) is 0 Å². The van der Waals surface area contributed by atoms with Crippen LogP contribution in [-0.4, -0.2) is 54.7 Å². The largest absolute Gasteiger partial charge is 0.481 e. The summed E-state index contributed by atoms with van der Waals surface area (Å²) in [6.45, 7) is 2.05. The summed E-state index contributed by atoms with van der Waals surface area (Å²) in [7, 11) is 1.62. The van der Waals surface area contributed by atoms with Crippen LogP contribution in [0, 0.1) is 0 Å². The molecule has 1 aliphatic heterocycles. The lowest BCUT2D eigenvalue weighted by molar-refractivity contribution is -0.137. The van der Waals surface area contributed by atoms with E-state index in [1.807, 2.05) is 18.2 Å². The highest BCUT2D eigenvalue weighted by Gasteiger charge is 2.22. The molecule has 120 valence electrons. The minimum Gasteiger partial charge on any atom is -0.481 e. The van der Waals surface area contributed by atoms with Crippen molar-refractivity contribution >= 4 is 17.7 Å². The lowest BCUT2D eigenvalue weighted by Crippen LogP contribution is -2.48. The Morgan fingerprint density at radius 1 is 1.27 bits per heavy atom. The first-order chi connectivity index (χ1) is 10.6. The monoisotopic (exact) mass is 305 g/mol. The molecule has 1 aromatic rings. The van der Waals surface area contributed by atoms with Crippen molar-refractivity contribution in [3.63, 3.8) is 0 Å². The lowest BCUT2D eigenvalue weighted by atomic mass is 10.0. The predicted molar refractivity (Wildman–Crippen MR) is 85.1 cm³/mol. The zero-order valence-corrected chi connectivity index (χ0v) is 12.9. The van der Waals surface area contributed by atoms with Crippen molar-refractivity contribution in [2.24, 2.45) is 0 Å². The number of nitrogens with one attached hydrogen (secondary N) is 1. The van der Waals surface area contributed by atoms with Crippen LogP contribution in [0.15, 0.2) is 30.3 Å². The maximum atomic E-state index is 12.0. The van der Waals surface area contributed by atoms with Crippen LogP contribution in [0.2, 0.25) is 0 Å². The van der Waals surface area contributed by atoms with E-state index >= 15 is 0 Å². The summed E-state index contributed by atoms with van der Waals surface area (Å²) in [5.74, 6) is -0.893. The second kappa shape index (κ2) is 7.68. The highest BCUT2D eigenvalue weighted by atomic mass is 16.4. The van der Waals surface area contributed by atoms with Crippen LogP contribution in [0.4, 0.5) is 10.5 Å². The fraction of sp³-hybridized carbons (Fsp3) is 0.500. The summed E-state index contributed by atoms with van der Waals surface area (Å²) in [5, 5.41) is 11.6. The van der Waals surface area contributed by atoms with Gasteiger partial charge < -0.3 is 20.2 Å². The minimum atomic E-state index is -0.893. The van der Waals surface area contributed by atoms with Crippen LogP contribution in [0.3, 0.4) is 0 Å². The molecule has 2 amide bonds. The van der Waals surface area contributed by atoms with Crippen molar-refractivity contribution in [2.45, 2.75) is 25.3 Å². The van der Waals surface area contributed by atoms with Crippen molar-refractivity contribution in [2.75, 3.05) is 31.6 Å². The van der Waals surface area contributed by atoms with E-state index in [2.05, 4.69) is 22.3 Å². The van der Waals surface area contributed by atoms with Crippen LogP contribution in [0.1, 0.15) is 19.3 Å². The first-order valence-electron chi connectivity index (χ1n) is 7.59. The zero-order chi connectivity index (χ0) is 15.9. The topological polar surface area (TPSA) is 72.9 Å². The molecule has 0 bridgehead atoms. The summed E-state index contributed by atoms with van der Waals surface area (Å²) < 4.78 is 0. The molecule has 1 saturated heterocycles. The maximum absolute atomic E-state index is 12.0. The average molecular weight is 305 g/mol. The summed E-state index contributed by atoms with van der Waals surface area (Å²) in [6, 6.07) is 10.2. The first-order valence-corrected chi connectivity index (χ1v) is 7.59. The SMILES string of the molecule is CN(CCC(=O)O)C(=O)NC1CCN(c2ccccc2)CC1. The van der Waals surface area contributed by atoms with Gasteiger partial charge in [-0.15, -0.1) is 0 Å². The smallest absolute Gasteiger partial charge is 0.317 e. The van der Waals surface area contributed by atoms with Gasteiger partial charge in [0.15, 0.2) is 0 Å². The molecule has 2 N–H and O–H groups in total. The summed E-state index contributed by atoms with van der Waals surface area (Å²) in [5.41, 5.74) is 1.21. The second-order valence-corrected chi connectivity index (χ2v) is 5.61. The number of rotatable bonds is 5. The number of hydrogen-bond acceptors (Lipinski definition) is 3. The molecule has 0 spiro atoms. The van der Waals surface area contributed by atoms with E-state index < -0.39 is 5.97 Å². The van der Waals surface area contributed by atoms with E-state index in [0.717, 1.165) is 25.9 Å². The maximum Gasteiger partial charge on any atom is 0.317 e. The number of urea groups is 1. The Bertz CT molecular complexity index is 499. The normalized spacial score (nSPS) is 15.4. The van der Waals surface area contributed by atoms with Gasteiger partial charge in [-0.25, -0.2) is 4.79 Å². The van der Waals surface area contributed by atoms with Crippen molar-refractivity contribution in [1.82, 2.24) is 10.2 Å². The molecule has 2 rings (SSSR count). The van der Waals surface area contributed by atoms with Gasteiger partial charge in [-0.1, -0.05) is 18.2 Å². The van der Waals surface area contributed by atoms with Gasteiger partial charge in [0, 0.05) is 38.4 Å². The van der Waals surface area contributed by atoms with Gasteiger partial charge in [-0.05, 0) is 25.0 Å². The Hall–Kier alpha value is -2.24. The van der Waals surface area contributed by atoms with E-state index in [1.54, 1.807) is 7.05 Å². The molecular weight excluding hydrogens is 282 g/mol. The minimum absolute atomic E-state index is 0.0314. The van der Waals surface area contributed by atoms with E-state index in [9.17, 15) is 9.59 Å². The zero-order valence-electron chi connectivity index (χ0n) is 12.9. The number of anilines is 1. The highest BCUT2D eigenvalue weighted by molar-refractivity contribution is 5.75.